The second-order valence-corrected chi connectivity index (χ2v) is 5.81. The zero-order chi connectivity index (χ0) is 18.1. The molecule has 0 aliphatic heterocycles. The van der Waals surface area contributed by atoms with Crippen LogP contribution in [0.2, 0.25) is 0 Å². The number of aryl methyl sites for hydroxylation is 1. The Morgan fingerprint density at radius 2 is 2.00 bits per heavy atom. The lowest BCUT2D eigenvalue weighted by molar-refractivity contribution is 0.0947. The van der Waals surface area contributed by atoms with Crippen LogP contribution in [-0.4, -0.2) is 29.5 Å². The van der Waals surface area contributed by atoms with Crippen molar-refractivity contribution in [3.8, 4) is 5.75 Å². The molecule has 2 N–H and O–H groups in total. The molecule has 134 valence electrons. The summed E-state index contributed by atoms with van der Waals surface area (Å²) in [5, 5.41) is 6.14. The molecule has 0 bridgehead atoms. The highest BCUT2D eigenvalue weighted by Gasteiger charge is 2.10. The van der Waals surface area contributed by atoms with E-state index in [1.807, 2.05) is 24.3 Å². The van der Waals surface area contributed by atoms with Crippen molar-refractivity contribution < 1.29 is 9.53 Å². The molecule has 0 unspecified atom stereocenters. The van der Waals surface area contributed by atoms with Crippen LogP contribution in [0.4, 0.5) is 5.82 Å². The Morgan fingerprint density at radius 1 is 1.20 bits per heavy atom. The molecule has 0 atom stereocenters. The molecular formula is C19H26N4O2. The molecule has 0 spiro atoms. The lowest BCUT2D eigenvalue weighted by Crippen LogP contribution is -2.26. The highest BCUT2D eigenvalue weighted by atomic mass is 16.5. The normalized spacial score (nSPS) is 10.4. The molecule has 1 amide bonds. The van der Waals surface area contributed by atoms with Crippen LogP contribution in [0.25, 0.3) is 0 Å². The van der Waals surface area contributed by atoms with Gasteiger partial charge in [0.1, 0.15) is 23.1 Å². The Hall–Kier alpha value is -2.63. The van der Waals surface area contributed by atoms with E-state index < -0.39 is 0 Å². The topological polar surface area (TPSA) is 76.1 Å². The van der Waals surface area contributed by atoms with Crippen molar-refractivity contribution in [3.63, 3.8) is 0 Å². The van der Waals surface area contributed by atoms with Gasteiger partial charge < -0.3 is 15.4 Å². The Bertz CT molecular complexity index is 704. The van der Waals surface area contributed by atoms with E-state index in [-0.39, 0.29) is 5.91 Å². The maximum Gasteiger partial charge on any atom is 0.270 e. The largest absolute Gasteiger partial charge is 0.496 e. The molecule has 1 heterocycles. The number of aromatic nitrogens is 2. The Labute approximate surface area is 149 Å². The summed E-state index contributed by atoms with van der Waals surface area (Å²) >= 11 is 0. The number of benzene rings is 1. The van der Waals surface area contributed by atoms with E-state index in [1.165, 1.54) is 0 Å². The summed E-state index contributed by atoms with van der Waals surface area (Å²) in [7, 11) is 1.65. The minimum atomic E-state index is -0.165. The number of nitrogens with one attached hydrogen (secondary N) is 2. The first-order valence-electron chi connectivity index (χ1n) is 8.63. The molecule has 6 heteroatoms. The van der Waals surface area contributed by atoms with Gasteiger partial charge in [-0.25, -0.2) is 9.97 Å². The van der Waals surface area contributed by atoms with Crippen LogP contribution in [0.3, 0.4) is 0 Å². The van der Waals surface area contributed by atoms with E-state index in [0.717, 1.165) is 30.6 Å². The van der Waals surface area contributed by atoms with Gasteiger partial charge in [0.05, 0.1) is 7.11 Å². The van der Waals surface area contributed by atoms with Gasteiger partial charge in [0.25, 0.3) is 5.91 Å². The number of para-hydroxylation sites is 1. The molecule has 6 nitrogen and oxygen atoms in total. The van der Waals surface area contributed by atoms with Crippen molar-refractivity contribution >= 4 is 11.7 Å². The van der Waals surface area contributed by atoms with Crippen LogP contribution < -0.4 is 15.4 Å². The first-order valence-corrected chi connectivity index (χ1v) is 8.63. The van der Waals surface area contributed by atoms with Gasteiger partial charge in [-0.05, 0) is 19.4 Å². The van der Waals surface area contributed by atoms with Gasteiger partial charge in [-0.1, -0.05) is 38.0 Å². The summed E-state index contributed by atoms with van der Waals surface area (Å²) in [4.78, 5) is 20.8. The van der Waals surface area contributed by atoms with Gasteiger partial charge in [-0.15, -0.1) is 0 Å². The maximum absolute atomic E-state index is 12.2. The van der Waals surface area contributed by atoms with Crippen LogP contribution in [0.1, 0.15) is 48.1 Å². The molecule has 0 saturated carbocycles. The van der Waals surface area contributed by atoms with Crippen molar-refractivity contribution in [2.45, 2.75) is 39.7 Å². The molecule has 1 aromatic carbocycles. The fourth-order valence-electron chi connectivity index (χ4n) is 2.48. The van der Waals surface area contributed by atoms with Gasteiger partial charge in [0.15, 0.2) is 0 Å². The number of unbranched alkanes of at least 4 members (excludes halogenated alkanes) is 2. The van der Waals surface area contributed by atoms with E-state index >= 15 is 0 Å². The van der Waals surface area contributed by atoms with Crippen LogP contribution >= 0.6 is 0 Å². The van der Waals surface area contributed by atoms with Crippen molar-refractivity contribution in [1.29, 1.82) is 0 Å². The minimum Gasteiger partial charge on any atom is -0.496 e. The number of amides is 1. The quantitative estimate of drug-likeness (QED) is 0.684. The molecule has 0 radical (unpaired) electrons. The van der Waals surface area contributed by atoms with E-state index in [9.17, 15) is 4.79 Å². The Balaban J connectivity index is 2.02. The zero-order valence-corrected chi connectivity index (χ0v) is 15.1. The van der Waals surface area contributed by atoms with E-state index in [4.69, 9.17) is 4.74 Å². The molecule has 2 aromatic rings. The van der Waals surface area contributed by atoms with Crippen LogP contribution in [-0.2, 0) is 6.54 Å². The Morgan fingerprint density at radius 3 is 2.76 bits per heavy atom. The third-order valence-corrected chi connectivity index (χ3v) is 3.79. The lowest BCUT2D eigenvalue weighted by atomic mass is 10.2. The van der Waals surface area contributed by atoms with E-state index in [1.54, 1.807) is 20.1 Å². The summed E-state index contributed by atoms with van der Waals surface area (Å²) in [6.45, 7) is 5.13. The fraction of sp³-hybridized carbons (Fsp3) is 0.421. The molecule has 0 aliphatic carbocycles. The van der Waals surface area contributed by atoms with Crippen molar-refractivity contribution in [2.24, 2.45) is 0 Å². The van der Waals surface area contributed by atoms with Gasteiger partial charge in [-0.3, -0.25) is 4.79 Å². The second kappa shape index (κ2) is 9.61. The lowest BCUT2D eigenvalue weighted by Gasteiger charge is -2.11. The van der Waals surface area contributed by atoms with Crippen LogP contribution in [0.5, 0.6) is 5.75 Å². The third kappa shape index (κ3) is 5.74. The predicted octanol–water partition coefficient (Wildman–Crippen LogP) is 3.33. The van der Waals surface area contributed by atoms with Gasteiger partial charge in [-0.2, -0.15) is 0 Å². The Kier molecular flexibility index (Phi) is 7.19. The average molecular weight is 342 g/mol. The summed E-state index contributed by atoms with van der Waals surface area (Å²) < 4.78 is 5.35. The van der Waals surface area contributed by atoms with Crippen LogP contribution in [0.15, 0.2) is 30.3 Å². The highest BCUT2D eigenvalue weighted by Crippen LogP contribution is 2.18. The van der Waals surface area contributed by atoms with Crippen molar-refractivity contribution in [1.82, 2.24) is 15.3 Å². The van der Waals surface area contributed by atoms with Gasteiger partial charge >= 0.3 is 0 Å². The number of carbonyl (C=O) groups is 1. The SMILES string of the molecule is CCCCCNC(=O)c1cc(NCc2ccccc2OC)nc(C)n1. The number of hydrogen-bond donors (Lipinski definition) is 2. The number of rotatable bonds is 9. The standard InChI is InChI=1S/C19H26N4O2/c1-4-5-8-11-20-19(24)16-12-18(23-14(2)22-16)21-13-15-9-6-7-10-17(15)25-3/h6-7,9-10,12H,4-5,8,11,13H2,1-3H3,(H,20,24)(H,21,22,23). The third-order valence-electron chi connectivity index (χ3n) is 3.79. The first kappa shape index (κ1) is 18.7. The fourth-order valence-corrected chi connectivity index (χ4v) is 2.48. The monoisotopic (exact) mass is 342 g/mol. The number of carbonyl (C=O) groups excluding carboxylic acids is 1. The number of ether oxygens (including phenoxy) is 1. The van der Waals surface area contributed by atoms with E-state index in [0.29, 0.717) is 30.4 Å². The molecule has 0 fully saturated rings. The summed E-state index contributed by atoms with van der Waals surface area (Å²) in [5.74, 6) is 1.83. The van der Waals surface area contributed by atoms with Crippen molar-refractivity contribution in [3.05, 3.63) is 47.4 Å². The van der Waals surface area contributed by atoms with Gasteiger partial charge in [0.2, 0.25) is 0 Å². The highest BCUT2D eigenvalue weighted by molar-refractivity contribution is 5.92. The predicted molar refractivity (Wildman–Crippen MR) is 98.9 cm³/mol. The summed E-state index contributed by atoms with van der Waals surface area (Å²) in [6.07, 6.45) is 3.21. The number of methoxy groups -OCH3 is 1. The van der Waals surface area contributed by atoms with E-state index in [2.05, 4.69) is 27.5 Å². The summed E-state index contributed by atoms with van der Waals surface area (Å²) in [6, 6.07) is 9.47. The maximum atomic E-state index is 12.2. The van der Waals surface area contributed by atoms with Gasteiger partial charge in [0, 0.05) is 24.7 Å². The van der Waals surface area contributed by atoms with Crippen LogP contribution in [0, 0.1) is 6.92 Å². The molecular weight excluding hydrogens is 316 g/mol. The van der Waals surface area contributed by atoms with Crippen molar-refractivity contribution in [2.75, 3.05) is 19.0 Å². The molecule has 2 rings (SSSR count). The number of hydrogen-bond acceptors (Lipinski definition) is 5. The first-order chi connectivity index (χ1) is 12.1. The smallest absolute Gasteiger partial charge is 0.270 e. The number of nitrogens with zero attached hydrogens (tertiary/aromatic N) is 2. The zero-order valence-electron chi connectivity index (χ0n) is 15.1. The molecule has 0 aliphatic rings. The summed E-state index contributed by atoms with van der Waals surface area (Å²) in [5.41, 5.74) is 1.40. The second-order valence-electron chi connectivity index (χ2n) is 5.81. The molecule has 25 heavy (non-hydrogen) atoms. The molecule has 1 aromatic heterocycles. The minimum absolute atomic E-state index is 0.165. The average Bonchev–Trinajstić information content (AvgIpc) is 2.63. The number of anilines is 1. The molecule has 0 saturated heterocycles.